The molecule has 0 unspecified atom stereocenters. The molecule has 0 saturated carbocycles. The van der Waals surface area contributed by atoms with Crippen LogP contribution in [-0.4, -0.2) is 24.8 Å². The van der Waals surface area contributed by atoms with Gasteiger partial charge in [-0.25, -0.2) is 0 Å². The van der Waals surface area contributed by atoms with E-state index in [-0.39, 0.29) is 0 Å². The van der Waals surface area contributed by atoms with Crippen LogP contribution in [0.15, 0.2) is 24.3 Å². The third-order valence-corrected chi connectivity index (χ3v) is 2.59. The lowest BCUT2D eigenvalue weighted by atomic mass is 9.97. The lowest BCUT2D eigenvalue weighted by Crippen LogP contribution is -2.21. The average molecular weight is 238 g/mol. The molecular formula is C13H18O4. The highest BCUT2D eigenvalue weighted by molar-refractivity contribution is 5.73. The van der Waals surface area contributed by atoms with E-state index in [9.17, 15) is 9.90 Å². The first-order chi connectivity index (χ1) is 8.10. The third-order valence-electron chi connectivity index (χ3n) is 2.59. The molecule has 0 radical (unpaired) electrons. The number of ether oxygens (including phenoxy) is 2. The molecule has 0 fully saturated rings. The Balaban J connectivity index is 2.73. The lowest BCUT2D eigenvalue weighted by molar-refractivity contribution is -0.151. The van der Waals surface area contributed by atoms with Gasteiger partial charge in [0.05, 0.1) is 25.7 Å². The first kappa shape index (κ1) is 13.5. The van der Waals surface area contributed by atoms with E-state index in [1.807, 2.05) is 0 Å². The number of methoxy groups -OCH3 is 1. The molecule has 0 aliphatic rings. The van der Waals surface area contributed by atoms with E-state index in [1.165, 1.54) is 0 Å². The van der Waals surface area contributed by atoms with Crippen molar-refractivity contribution in [2.75, 3.05) is 13.7 Å². The molecule has 0 aliphatic heterocycles. The van der Waals surface area contributed by atoms with E-state index in [0.717, 1.165) is 0 Å². The van der Waals surface area contributed by atoms with Crippen LogP contribution in [-0.2, 0) is 9.53 Å². The Morgan fingerprint density at radius 2 is 1.94 bits per heavy atom. The maximum atomic E-state index is 11.5. The van der Waals surface area contributed by atoms with Crippen molar-refractivity contribution < 1.29 is 19.4 Å². The number of hydrogen-bond donors (Lipinski definition) is 1. The summed E-state index contributed by atoms with van der Waals surface area (Å²) in [7, 11) is 1.58. The van der Waals surface area contributed by atoms with Crippen molar-refractivity contribution >= 4 is 5.97 Å². The normalized spacial score (nSPS) is 13.9. The van der Waals surface area contributed by atoms with Crippen molar-refractivity contribution in [3.63, 3.8) is 0 Å². The smallest absolute Gasteiger partial charge is 0.311 e. The van der Waals surface area contributed by atoms with Gasteiger partial charge in [-0.05, 0) is 31.5 Å². The maximum Gasteiger partial charge on any atom is 0.311 e. The molecule has 0 bridgehead atoms. The quantitative estimate of drug-likeness (QED) is 0.796. The van der Waals surface area contributed by atoms with Gasteiger partial charge in [-0.2, -0.15) is 0 Å². The van der Waals surface area contributed by atoms with E-state index < -0.39 is 18.0 Å². The van der Waals surface area contributed by atoms with Gasteiger partial charge in [-0.3, -0.25) is 4.79 Å². The number of carbonyl (C=O) groups excluding carboxylic acids is 1. The molecule has 0 amide bonds. The van der Waals surface area contributed by atoms with Gasteiger partial charge in [0.1, 0.15) is 5.75 Å². The molecule has 1 rings (SSSR count). The molecule has 0 saturated heterocycles. The van der Waals surface area contributed by atoms with Gasteiger partial charge in [0.2, 0.25) is 0 Å². The van der Waals surface area contributed by atoms with Crippen molar-refractivity contribution in [3.8, 4) is 5.75 Å². The monoisotopic (exact) mass is 238 g/mol. The SMILES string of the molecule is CCOC(=O)[C@@H](C)[C@@H](O)c1ccc(OC)cc1. The van der Waals surface area contributed by atoms with Gasteiger partial charge in [-0.15, -0.1) is 0 Å². The molecule has 4 heteroatoms. The van der Waals surface area contributed by atoms with Gasteiger partial charge in [0, 0.05) is 0 Å². The van der Waals surface area contributed by atoms with Crippen LogP contribution in [0.2, 0.25) is 0 Å². The summed E-state index contributed by atoms with van der Waals surface area (Å²) in [5, 5.41) is 10.0. The maximum absolute atomic E-state index is 11.5. The first-order valence-corrected chi connectivity index (χ1v) is 5.58. The third kappa shape index (κ3) is 3.46. The van der Waals surface area contributed by atoms with E-state index in [4.69, 9.17) is 9.47 Å². The highest BCUT2D eigenvalue weighted by Crippen LogP contribution is 2.24. The van der Waals surface area contributed by atoms with Crippen LogP contribution in [0.25, 0.3) is 0 Å². The summed E-state index contributed by atoms with van der Waals surface area (Å²) in [4.78, 5) is 11.5. The zero-order chi connectivity index (χ0) is 12.8. The Morgan fingerprint density at radius 1 is 1.35 bits per heavy atom. The number of rotatable bonds is 5. The molecule has 2 atom stereocenters. The largest absolute Gasteiger partial charge is 0.497 e. The van der Waals surface area contributed by atoms with Crippen LogP contribution in [0, 0.1) is 5.92 Å². The summed E-state index contributed by atoms with van der Waals surface area (Å²) >= 11 is 0. The molecule has 1 aromatic carbocycles. The van der Waals surface area contributed by atoms with Crippen LogP contribution < -0.4 is 4.74 Å². The first-order valence-electron chi connectivity index (χ1n) is 5.58. The van der Waals surface area contributed by atoms with Crippen LogP contribution in [0.5, 0.6) is 5.75 Å². The minimum atomic E-state index is -0.861. The Morgan fingerprint density at radius 3 is 2.41 bits per heavy atom. The zero-order valence-electron chi connectivity index (χ0n) is 10.3. The van der Waals surface area contributed by atoms with Gasteiger partial charge in [0.25, 0.3) is 0 Å². The molecule has 1 N–H and O–H groups in total. The second-order valence-corrected chi connectivity index (χ2v) is 3.76. The second kappa shape index (κ2) is 6.25. The fourth-order valence-electron chi connectivity index (χ4n) is 1.49. The van der Waals surface area contributed by atoms with E-state index in [0.29, 0.717) is 17.9 Å². The molecule has 0 heterocycles. The Labute approximate surface area is 101 Å². The summed E-state index contributed by atoms with van der Waals surface area (Å²) < 4.78 is 9.89. The predicted octanol–water partition coefficient (Wildman–Crippen LogP) is 1.93. The summed E-state index contributed by atoms with van der Waals surface area (Å²) in [5.74, 6) is -0.260. The number of esters is 1. The van der Waals surface area contributed by atoms with Gasteiger partial charge < -0.3 is 14.6 Å². The van der Waals surface area contributed by atoms with Crippen molar-refractivity contribution in [2.24, 2.45) is 5.92 Å². The minimum absolute atomic E-state index is 0.318. The van der Waals surface area contributed by atoms with Crippen molar-refractivity contribution in [1.82, 2.24) is 0 Å². The van der Waals surface area contributed by atoms with Crippen LogP contribution in [0.4, 0.5) is 0 Å². The fourth-order valence-corrected chi connectivity index (χ4v) is 1.49. The predicted molar refractivity (Wildman–Crippen MR) is 63.8 cm³/mol. The topological polar surface area (TPSA) is 55.8 Å². The van der Waals surface area contributed by atoms with Crippen molar-refractivity contribution in [2.45, 2.75) is 20.0 Å². The van der Waals surface area contributed by atoms with Crippen molar-refractivity contribution in [1.29, 1.82) is 0 Å². The highest BCUT2D eigenvalue weighted by Gasteiger charge is 2.24. The molecule has 0 spiro atoms. The van der Waals surface area contributed by atoms with Gasteiger partial charge in [-0.1, -0.05) is 12.1 Å². The van der Waals surface area contributed by atoms with E-state index in [2.05, 4.69) is 0 Å². The molecule has 0 aliphatic carbocycles. The molecule has 1 aromatic rings. The van der Waals surface area contributed by atoms with Crippen LogP contribution >= 0.6 is 0 Å². The van der Waals surface area contributed by atoms with Crippen molar-refractivity contribution in [3.05, 3.63) is 29.8 Å². The fraction of sp³-hybridized carbons (Fsp3) is 0.462. The van der Waals surface area contributed by atoms with Crippen LogP contribution in [0.3, 0.4) is 0 Å². The standard InChI is InChI=1S/C13H18O4/c1-4-17-13(15)9(2)12(14)10-5-7-11(16-3)8-6-10/h5-9,12,14H,4H2,1-3H3/t9-,12+/m0/s1. The molecule has 17 heavy (non-hydrogen) atoms. The number of aliphatic hydroxyl groups is 1. The summed E-state index contributed by atoms with van der Waals surface area (Å²) in [6.07, 6.45) is -0.861. The van der Waals surface area contributed by atoms with E-state index in [1.54, 1.807) is 45.2 Å². The molecule has 94 valence electrons. The van der Waals surface area contributed by atoms with Gasteiger partial charge >= 0.3 is 5.97 Å². The molecular weight excluding hydrogens is 220 g/mol. The van der Waals surface area contributed by atoms with Crippen LogP contribution in [0.1, 0.15) is 25.5 Å². The Bertz CT molecular complexity index is 358. The Kier molecular flexibility index (Phi) is 4.97. The number of hydrogen-bond acceptors (Lipinski definition) is 4. The highest BCUT2D eigenvalue weighted by atomic mass is 16.5. The van der Waals surface area contributed by atoms with Gasteiger partial charge in [0.15, 0.2) is 0 Å². The number of aliphatic hydroxyl groups excluding tert-OH is 1. The van der Waals surface area contributed by atoms with E-state index >= 15 is 0 Å². The molecule has 0 aromatic heterocycles. The second-order valence-electron chi connectivity index (χ2n) is 3.76. The molecule has 4 nitrogen and oxygen atoms in total. The zero-order valence-corrected chi connectivity index (χ0v) is 10.3. The summed E-state index contributed by atoms with van der Waals surface area (Å²) in [6, 6.07) is 6.96. The minimum Gasteiger partial charge on any atom is -0.497 e. The number of benzene rings is 1. The lowest BCUT2D eigenvalue weighted by Gasteiger charge is -2.17. The summed E-state index contributed by atoms with van der Waals surface area (Å²) in [6.45, 7) is 3.70. The average Bonchev–Trinajstić information content (AvgIpc) is 2.37. The Hall–Kier alpha value is -1.55. The summed E-state index contributed by atoms with van der Waals surface area (Å²) in [5.41, 5.74) is 0.673. The number of carbonyl (C=O) groups is 1.